The molecule has 1 atom stereocenters. The van der Waals surface area contributed by atoms with E-state index in [-0.39, 0.29) is 18.3 Å². The van der Waals surface area contributed by atoms with E-state index >= 15 is 0 Å². The number of carbonyl (C=O) groups is 2. The van der Waals surface area contributed by atoms with Gasteiger partial charge in [0.15, 0.2) is 0 Å². The molecule has 0 aliphatic heterocycles. The normalized spacial score (nSPS) is 12.0. The van der Waals surface area contributed by atoms with Crippen molar-refractivity contribution in [1.29, 1.82) is 0 Å². The first kappa shape index (κ1) is 28.2. The lowest BCUT2D eigenvalue weighted by molar-refractivity contribution is 0.0951. The second-order valence-corrected chi connectivity index (χ2v) is 10.4. The molecular weight excluding hydrogens is 513 g/mol. The quantitative estimate of drug-likeness (QED) is 0.190. The number of H-pyrrole nitrogens is 1. The number of halogens is 1. The third-order valence-corrected chi connectivity index (χ3v) is 6.30. The zero-order valence-electron chi connectivity index (χ0n) is 22.5. The Balaban J connectivity index is 1.55. The van der Waals surface area contributed by atoms with Crippen molar-refractivity contribution in [3.8, 4) is 11.3 Å². The maximum Gasteiger partial charge on any atom is 0.405 e. The summed E-state index contributed by atoms with van der Waals surface area (Å²) in [4.78, 5) is 34.0. The molecular formula is C29H32FN7O3. The highest BCUT2D eigenvalue weighted by molar-refractivity contribution is 5.99. The number of carboxylic acid groups (broad SMARTS) is 1. The molecule has 208 valence electrons. The van der Waals surface area contributed by atoms with E-state index in [0.717, 1.165) is 11.1 Å². The first-order valence-electron chi connectivity index (χ1n) is 12.8. The average Bonchev–Trinajstić information content (AvgIpc) is 3.45. The molecule has 1 unspecified atom stereocenters. The van der Waals surface area contributed by atoms with Gasteiger partial charge in [-0.25, -0.2) is 14.2 Å². The van der Waals surface area contributed by atoms with Crippen molar-refractivity contribution in [3.63, 3.8) is 0 Å². The molecule has 10 nitrogen and oxygen atoms in total. The number of hydrogen-bond donors (Lipinski definition) is 5. The van der Waals surface area contributed by atoms with Crippen molar-refractivity contribution >= 4 is 17.8 Å². The third-order valence-electron chi connectivity index (χ3n) is 6.30. The van der Waals surface area contributed by atoms with Gasteiger partial charge in [-0.05, 0) is 53.3 Å². The molecule has 0 fully saturated rings. The molecule has 0 saturated heterocycles. The first-order valence-corrected chi connectivity index (χ1v) is 12.8. The molecule has 0 aliphatic carbocycles. The number of nitrogens with zero attached hydrogens (tertiary/aromatic N) is 3. The van der Waals surface area contributed by atoms with Crippen LogP contribution < -0.4 is 16.0 Å². The van der Waals surface area contributed by atoms with Crippen molar-refractivity contribution in [2.45, 2.75) is 39.8 Å². The van der Waals surface area contributed by atoms with Gasteiger partial charge < -0.3 is 21.1 Å². The van der Waals surface area contributed by atoms with E-state index in [1.54, 1.807) is 42.9 Å². The van der Waals surface area contributed by atoms with Crippen LogP contribution in [0.4, 0.5) is 15.0 Å². The molecule has 3 heterocycles. The van der Waals surface area contributed by atoms with Gasteiger partial charge in [-0.3, -0.25) is 14.9 Å². The summed E-state index contributed by atoms with van der Waals surface area (Å²) >= 11 is 0. The Morgan fingerprint density at radius 3 is 2.65 bits per heavy atom. The van der Waals surface area contributed by atoms with Crippen LogP contribution in [-0.2, 0) is 13.0 Å². The second kappa shape index (κ2) is 12.4. The van der Waals surface area contributed by atoms with E-state index in [1.807, 2.05) is 32.9 Å². The fourth-order valence-corrected chi connectivity index (χ4v) is 4.30. The number of rotatable bonds is 10. The number of pyridine rings is 2. The summed E-state index contributed by atoms with van der Waals surface area (Å²) in [5.74, 6) is -0.299. The maximum atomic E-state index is 13.6. The van der Waals surface area contributed by atoms with Gasteiger partial charge in [-0.15, -0.1) is 0 Å². The summed E-state index contributed by atoms with van der Waals surface area (Å²) in [7, 11) is 0. The number of aromatic amines is 1. The number of benzene rings is 1. The highest BCUT2D eigenvalue weighted by atomic mass is 19.1. The molecule has 40 heavy (non-hydrogen) atoms. The SMILES string of the molecule is CC(C)(C)C(NC(=O)O)c1ncccc1CNC(=O)c1ccc(-c2cn[nH]c2)nc1NCCc1cccc(F)c1. The van der Waals surface area contributed by atoms with Crippen molar-refractivity contribution in [3.05, 3.63) is 95.3 Å². The topological polar surface area (TPSA) is 145 Å². The van der Waals surface area contributed by atoms with Gasteiger partial charge in [0.25, 0.3) is 5.91 Å². The fourth-order valence-electron chi connectivity index (χ4n) is 4.30. The number of carbonyl (C=O) groups excluding carboxylic acids is 1. The highest BCUT2D eigenvalue weighted by Gasteiger charge is 2.31. The number of hydrogen-bond acceptors (Lipinski definition) is 6. The van der Waals surface area contributed by atoms with Gasteiger partial charge >= 0.3 is 6.09 Å². The van der Waals surface area contributed by atoms with E-state index in [4.69, 9.17) is 0 Å². The van der Waals surface area contributed by atoms with Gasteiger partial charge in [-0.2, -0.15) is 5.10 Å². The van der Waals surface area contributed by atoms with Gasteiger partial charge in [-0.1, -0.05) is 39.0 Å². The van der Waals surface area contributed by atoms with Gasteiger partial charge in [0, 0.05) is 31.0 Å². The smallest absolute Gasteiger partial charge is 0.405 e. The van der Waals surface area contributed by atoms with Crippen molar-refractivity contribution < 1.29 is 19.1 Å². The van der Waals surface area contributed by atoms with Gasteiger partial charge in [0.2, 0.25) is 0 Å². The Hall–Kier alpha value is -4.80. The van der Waals surface area contributed by atoms with Crippen LogP contribution in [-0.4, -0.2) is 43.8 Å². The summed E-state index contributed by atoms with van der Waals surface area (Å²) in [6, 6.07) is 12.7. The molecule has 0 bridgehead atoms. The summed E-state index contributed by atoms with van der Waals surface area (Å²) < 4.78 is 13.6. The summed E-state index contributed by atoms with van der Waals surface area (Å²) in [6.45, 7) is 6.30. The van der Waals surface area contributed by atoms with Crippen molar-refractivity contribution in [1.82, 2.24) is 30.8 Å². The van der Waals surface area contributed by atoms with E-state index in [0.29, 0.717) is 41.3 Å². The maximum absolute atomic E-state index is 13.6. The number of amides is 2. The zero-order valence-corrected chi connectivity index (χ0v) is 22.5. The Morgan fingerprint density at radius 1 is 1.12 bits per heavy atom. The summed E-state index contributed by atoms with van der Waals surface area (Å²) in [5.41, 5.74) is 3.30. The molecule has 2 amide bonds. The molecule has 1 aromatic carbocycles. The molecule has 0 saturated carbocycles. The molecule has 4 rings (SSSR count). The van der Waals surface area contributed by atoms with E-state index in [2.05, 4.69) is 36.1 Å². The highest BCUT2D eigenvalue weighted by Crippen LogP contribution is 2.33. The van der Waals surface area contributed by atoms with Crippen LogP contribution in [0.3, 0.4) is 0 Å². The van der Waals surface area contributed by atoms with Crippen LogP contribution in [0.15, 0.2) is 67.1 Å². The molecule has 0 spiro atoms. The van der Waals surface area contributed by atoms with Crippen molar-refractivity contribution in [2.24, 2.45) is 5.41 Å². The zero-order chi connectivity index (χ0) is 28.7. The summed E-state index contributed by atoms with van der Waals surface area (Å²) in [6.07, 6.45) is 4.32. The third kappa shape index (κ3) is 7.19. The lowest BCUT2D eigenvalue weighted by Crippen LogP contribution is -2.37. The molecule has 3 aromatic heterocycles. The predicted octanol–water partition coefficient (Wildman–Crippen LogP) is 4.95. The predicted molar refractivity (Wildman–Crippen MR) is 149 cm³/mol. The van der Waals surface area contributed by atoms with Crippen LogP contribution in [0.1, 0.15) is 54.0 Å². The number of nitrogens with one attached hydrogen (secondary N) is 4. The van der Waals surface area contributed by atoms with E-state index in [9.17, 15) is 19.1 Å². The van der Waals surface area contributed by atoms with Crippen LogP contribution in [0.2, 0.25) is 0 Å². The minimum absolute atomic E-state index is 0.127. The first-order chi connectivity index (χ1) is 19.1. The minimum atomic E-state index is -1.15. The molecule has 0 aliphatic rings. The van der Waals surface area contributed by atoms with Gasteiger partial charge in [0.1, 0.15) is 11.6 Å². The Labute approximate surface area is 231 Å². The number of aromatic nitrogens is 4. The average molecular weight is 546 g/mol. The standard InChI is InChI=1S/C29H32FN7O3/c1-29(2,3)25(37-28(39)40)24-19(7-5-12-31-24)15-33-27(38)22-9-10-23(20-16-34-35-17-20)36-26(22)32-13-11-18-6-4-8-21(30)14-18/h4-10,12,14,16-17,25,37H,11,13,15H2,1-3H3,(H,32,36)(H,33,38)(H,34,35)(H,39,40). The number of anilines is 1. The lowest BCUT2D eigenvalue weighted by Gasteiger charge is -2.31. The molecule has 11 heteroatoms. The van der Waals surface area contributed by atoms with E-state index in [1.165, 1.54) is 12.1 Å². The monoisotopic (exact) mass is 545 g/mol. The van der Waals surface area contributed by atoms with Crippen LogP contribution in [0.25, 0.3) is 11.3 Å². The second-order valence-electron chi connectivity index (χ2n) is 10.4. The Bertz CT molecular complexity index is 1470. The Kier molecular flexibility index (Phi) is 8.73. The van der Waals surface area contributed by atoms with Crippen molar-refractivity contribution in [2.75, 3.05) is 11.9 Å². The molecule has 0 radical (unpaired) electrons. The Morgan fingerprint density at radius 2 is 1.95 bits per heavy atom. The van der Waals surface area contributed by atoms with Crippen LogP contribution in [0, 0.1) is 11.2 Å². The fraction of sp³-hybridized carbons (Fsp3) is 0.276. The van der Waals surface area contributed by atoms with E-state index < -0.39 is 17.6 Å². The van der Waals surface area contributed by atoms with Crippen LogP contribution in [0.5, 0.6) is 0 Å². The largest absolute Gasteiger partial charge is 0.465 e. The lowest BCUT2D eigenvalue weighted by atomic mass is 9.83. The summed E-state index contributed by atoms with van der Waals surface area (Å²) in [5, 5.41) is 24.8. The minimum Gasteiger partial charge on any atom is -0.465 e. The van der Waals surface area contributed by atoms with Gasteiger partial charge in [0.05, 0.1) is 29.2 Å². The molecule has 4 aromatic rings. The van der Waals surface area contributed by atoms with Crippen LogP contribution >= 0.6 is 0 Å². The molecule has 5 N–H and O–H groups in total.